The van der Waals surface area contributed by atoms with Crippen LogP contribution in [-0.4, -0.2) is 11.8 Å². The largest absolute Gasteiger partial charge is 0.328 e. The predicted molar refractivity (Wildman–Crippen MR) is 51.4 cm³/mol. The van der Waals surface area contributed by atoms with Crippen molar-refractivity contribution in [1.82, 2.24) is 0 Å². The molecular weight excluding hydrogens is 181 g/mol. The number of nitrogens with two attached hydrogens (primary N) is 1. The molecule has 0 aliphatic heterocycles. The summed E-state index contributed by atoms with van der Waals surface area (Å²) >= 11 is 0. The van der Waals surface area contributed by atoms with E-state index in [2.05, 4.69) is 0 Å². The maximum absolute atomic E-state index is 13.2. The molecule has 14 heavy (non-hydrogen) atoms. The number of carbonyl (C=O) groups is 1. The molecule has 2 nitrogen and oxygen atoms in total. The number of hydrogen-bond donors (Lipinski definition) is 1. The molecule has 1 aliphatic rings. The molecule has 0 bridgehead atoms. The minimum Gasteiger partial charge on any atom is -0.328 e. The molecule has 1 aromatic carbocycles. The second-order valence-corrected chi connectivity index (χ2v) is 3.77. The average Bonchev–Trinajstić information content (AvgIpc) is 2.13. The predicted octanol–water partition coefficient (Wildman–Crippen LogP) is 1.75. The molecule has 0 unspecified atom stereocenters. The fourth-order valence-electron chi connectivity index (χ4n) is 1.76. The van der Waals surface area contributed by atoms with Gasteiger partial charge in [-0.3, -0.25) is 4.79 Å². The van der Waals surface area contributed by atoms with Gasteiger partial charge in [0.05, 0.1) is 5.56 Å². The molecule has 74 valence electrons. The van der Waals surface area contributed by atoms with Crippen molar-refractivity contribution in [3.8, 4) is 0 Å². The third kappa shape index (κ3) is 1.55. The molecule has 1 fully saturated rings. The van der Waals surface area contributed by atoms with Crippen LogP contribution in [0.4, 0.5) is 4.39 Å². The van der Waals surface area contributed by atoms with E-state index in [1.54, 1.807) is 12.1 Å². The van der Waals surface area contributed by atoms with E-state index in [1.165, 1.54) is 12.1 Å². The fraction of sp³-hybridized carbons (Fsp3) is 0.364. The van der Waals surface area contributed by atoms with E-state index >= 15 is 0 Å². The fourth-order valence-corrected chi connectivity index (χ4v) is 1.76. The maximum Gasteiger partial charge on any atom is 0.169 e. The van der Waals surface area contributed by atoms with E-state index in [-0.39, 0.29) is 23.3 Å². The lowest BCUT2D eigenvalue weighted by Gasteiger charge is -2.31. The third-order valence-electron chi connectivity index (χ3n) is 2.68. The number of benzene rings is 1. The van der Waals surface area contributed by atoms with Gasteiger partial charge in [0.15, 0.2) is 5.78 Å². The number of hydrogen-bond acceptors (Lipinski definition) is 2. The molecule has 0 aromatic heterocycles. The Labute approximate surface area is 81.9 Å². The Hall–Kier alpha value is -1.22. The number of ketones is 1. The summed E-state index contributed by atoms with van der Waals surface area (Å²) in [5, 5.41) is 0. The first-order chi connectivity index (χ1) is 6.68. The van der Waals surface area contributed by atoms with Crippen molar-refractivity contribution in [3.05, 3.63) is 35.6 Å². The Morgan fingerprint density at radius 1 is 1.36 bits per heavy atom. The lowest BCUT2D eigenvalue weighted by molar-refractivity contribution is 0.0828. The highest BCUT2D eigenvalue weighted by atomic mass is 19.1. The zero-order valence-electron chi connectivity index (χ0n) is 7.74. The molecule has 1 aliphatic carbocycles. The van der Waals surface area contributed by atoms with E-state index in [1.807, 2.05) is 0 Å². The molecule has 2 N–H and O–H groups in total. The molecule has 0 amide bonds. The minimum atomic E-state index is -0.432. The standard InChI is InChI=1S/C11H12FNO/c12-10-4-2-1-3-9(10)11(14)7-5-8(13)6-7/h1-4,7-8H,5-6,13H2. The first-order valence-corrected chi connectivity index (χ1v) is 4.73. The molecular formula is C11H12FNO. The summed E-state index contributed by atoms with van der Waals surface area (Å²) < 4.78 is 13.2. The average molecular weight is 193 g/mol. The Kier molecular flexibility index (Phi) is 2.33. The Balaban J connectivity index is 2.16. The molecule has 1 saturated carbocycles. The van der Waals surface area contributed by atoms with E-state index in [0.717, 1.165) is 0 Å². The lowest BCUT2D eigenvalue weighted by atomic mass is 9.76. The smallest absolute Gasteiger partial charge is 0.169 e. The van der Waals surface area contributed by atoms with Crippen LogP contribution in [-0.2, 0) is 0 Å². The summed E-state index contributed by atoms with van der Waals surface area (Å²) in [6.07, 6.45) is 1.38. The molecule has 0 heterocycles. The van der Waals surface area contributed by atoms with Crippen LogP contribution in [0.2, 0.25) is 0 Å². The second-order valence-electron chi connectivity index (χ2n) is 3.77. The van der Waals surface area contributed by atoms with Crippen LogP contribution in [0.15, 0.2) is 24.3 Å². The van der Waals surface area contributed by atoms with E-state index in [4.69, 9.17) is 5.73 Å². The van der Waals surface area contributed by atoms with Gasteiger partial charge in [-0.2, -0.15) is 0 Å². The summed E-state index contributed by atoms with van der Waals surface area (Å²) in [5.74, 6) is -0.607. The van der Waals surface area contributed by atoms with Crippen LogP contribution in [0.3, 0.4) is 0 Å². The summed E-state index contributed by atoms with van der Waals surface area (Å²) in [7, 11) is 0. The lowest BCUT2D eigenvalue weighted by Crippen LogP contribution is -2.40. The molecule has 0 saturated heterocycles. The zero-order valence-corrected chi connectivity index (χ0v) is 7.74. The highest BCUT2D eigenvalue weighted by molar-refractivity contribution is 5.98. The van der Waals surface area contributed by atoms with Gasteiger partial charge in [-0.25, -0.2) is 4.39 Å². The topological polar surface area (TPSA) is 43.1 Å². The monoisotopic (exact) mass is 193 g/mol. The molecule has 0 radical (unpaired) electrons. The van der Waals surface area contributed by atoms with E-state index in [9.17, 15) is 9.18 Å². The number of halogens is 1. The highest BCUT2D eigenvalue weighted by Gasteiger charge is 2.33. The summed E-state index contributed by atoms with van der Waals surface area (Å²) in [6.45, 7) is 0. The zero-order chi connectivity index (χ0) is 10.1. The maximum atomic E-state index is 13.2. The van der Waals surface area contributed by atoms with Crippen LogP contribution >= 0.6 is 0 Å². The van der Waals surface area contributed by atoms with Gasteiger partial charge < -0.3 is 5.73 Å². The highest BCUT2D eigenvalue weighted by Crippen LogP contribution is 2.29. The van der Waals surface area contributed by atoms with Gasteiger partial charge in [-0.05, 0) is 25.0 Å². The molecule has 0 spiro atoms. The van der Waals surface area contributed by atoms with Crippen molar-refractivity contribution in [3.63, 3.8) is 0 Å². The SMILES string of the molecule is NC1CC(C(=O)c2ccccc2F)C1. The summed E-state index contributed by atoms with van der Waals surface area (Å²) in [5.41, 5.74) is 5.78. The Morgan fingerprint density at radius 2 is 2.00 bits per heavy atom. The van der Waals surface area contributed by atoms with Crippen LogP contribution < -0.4 is 5.73 Å². The number of rotatable bonds is 2. The van der Waals surface area contributed by atoms with Gasteiger partial charge in [0.1, 0.15) is 5.82 Å². The Morgan fingerprint density at radius 3 is 2.57 bits per heavy atom. The molecule has 0 atom stereocenters. The number of Topliss-reactive ketones (excluding diaryl/α,β-unsaturated/α-hetero) is 1. The van der Waals surface area contributed by atoms with Gasteiger partial charge >= 0.3 is 0 Å². The number of carbonyl (C=O) groups excluding carboxylic acids is 1. The van der Waals surface area contributed by atoms with Crippen molar-refractivity contribution >= 4 is 5.78 Å². The quantitative estimate of drug-likeness (QED) is 0.727. The van der Waals surface area contributed by atoms with Crippen molar-refractivity contribution < 1.29 is 9.18 Å². The van der Waals surface area contributed by atoms with Gasteiger partial charge in [0, 0.05) is 12.0 Å². The van der Waals surface area contributed by atoms with Crippen molar-refractivity contribution in [1.29, 1.82) is 0 Å². The van der Waals surface area contributed by atoms with Crippen LogP contribution in [0.5, 0.6) is 0 Å². The first kappa shape index (κ1) is 9.34. The van der Waals surface area contributed by atoms with Crippen molar-refractivity contribution in [2.24, 2.45) is 11.7 Å². The second kappa shape index (κ2) is 3.50. The molecule has 3 heteroatoms. The van der Waals surface area contributed by atoms with Crippen LogP contribution in [0.25, 0.3) is 0 Å². The normalized spacial score (nSPS) is 25.6. The Bertz CT molecular complexity index is 358. The summed E-state index contributed by atoms with van der Waals surface area (Å²) in [6, 6.07) is 6.22. The first-order valence-electron chi connectivity index (χ1n) is 4.73. The van der Waals surface area contributed by atoms with Crippen LogP contribution in [0.1, 0.15) is 23.2 Å². The molecule has 1 aromatic rings. The van der Waals surface area contributed by atoms with E-state index in [0.29, 0.717) is 12.8 Å². The van der Waals surface area contributed by atoms with Crippen molar-refractivity contribution in [2.45, 2.75) is 18.9 Å². The molecule has 2 rings (SSSR count). The van der Waals surface area contributed by atoms with Gasteiger partial charge in [-0.1, -0.05) is 12.1 Å². The van der Waals surface area contributed by atoms with Gasteiger partial charge in [0.25, 0.3) is 0 Å². The van der Waals surface area contributed by atoms with Gasteiger partial charge in [0.2, 0.25) is 0 Å². The minimum absolute atomic E-state index is 0.0677. The third-order valence-corrected chi connectivity index (χ3v) is 2.68. The summed E-state index contributed by atoms with van der Waals surface area (Å²) in [4.78, 5) is 11.7. The van der Waals surface area contributed by atoms with Gasteiger partial charge in [-0.15, -0.1) is 0 Å². The van der Waals surface area contributed by atoms with Crippen LogP contribution in [0, 0.1) is 11.7 Å². The van der Waals surface area contributed by atoms with E-state index < -0.39 is 5.82 Å². The van der Waals surface area contributed by atoms with Crippen molar-refractivity contribution in [2.75, 3.05) is 0 Å².